The number of hydrogen-bond acceptors (Lipinski definition) is 3. The van der Waals surface area contributed by atoms with Crippen LogP contribution in [0, 0.1) is 6.07 Å². The van der Waals surface area contributed by atoms with Gasteiger partial charge in [-0.25, -0.2) is 9.97 Å². The van der Waals surface area contributed by atoms with Gasteiger partial charge in [-0.3, -0.25) is 4.79 Å². The van der Waals surface area contributed by atoms with Crippen LogP contribution in [-0.2, 0) is 0 Å². The number of amides is 1. The first-order valence-electron chi connectivity index (χ1n) is 4.33. The summed E-state index contributed by atoms with van der Waals surface area (Å²) in [5.41, 5.74) is 7.25. The average molecular weight is 198 g/mol. The molecular formula is C11H8N3O. The first-order valence-corrected chi connectivity index (χ1v) is 4.33. The van der Waals surface area contributed by atoms with E-state index >= 15 is 0 Å². The van der Waals surface area contributed by atoms with E-state index in [9.17, 15) is 4.79 Å². The van der Waals surface area contributed by atoms with Crippen LogP contribution < -0.4 is 5.73 Å². The maximum atomic E-state index is 11.0. The zero-order chi connectivity index (χ0) is 10.7. The zero-order valence-electron chi connectivity index (χ0n) is 7.84. The van der Waals surface area contributed by atoms with Gasteiger partial charge in [0.1, 0.15) is 6.33 Å². The molecule has 2 rings (SSSR count). The molecule has 1 heterocycles. The van der Waals surface area contributed by atoms with Gasteiger partial charge in [0.25, 0.3) is 0 Å². The van der Waals surface area contributed by atoms with E-state index in [1.807, 2.05) is 0 Å². The first kappa shape index (κ1) is 9.33. The number of nitrogens with two attached hydrogens (primary N) is 1. The van der Waals surface area contributed by atoms with E-state index < -0.39 is 5.91 Å². The summed E-state index contributed by atoms with van der Waals surface area (Å²) < 4.78 is 0. The third-order valence-electron chi connectivity index (χ3n) is 1.97. The lowest BCUT2D eigenvalue weighted by molar-refractivity contribution is 0.100. The summed E-state index contributed by atoms with van der Waals surface area (Å²) in [5.74, 6) is -0.468. The molecule has 0 aliphatic rings. The van der Waals surface area contributed by atoms with Crippen molar-refractivity contribution in [2.75, 3.05) is 0 Å². The predicted octanol–water partition coefficient (Wildman–Crippen LogP) is 1.04. The van der Waals surface area contributed by atoms with E-state index in [0.717, 1.165) is 11.1 Å². The Labute approximate surface area is 86.8 Å². The van der Waals surface area contributed by atoms with Crippen molar-refractivity contribution < 1.29 is 4.79 Å². The summed E-state index contributed by atoms with van der Waals surface area (Å²) in [5, 5.41) is 0. The molecule has 73 valence electrons. The molecule has 0 unspecified atom stereocenters. The molecule has 0 fully saturated rings. The fraction of sp³-hybridized carbons (Fsp3) is 0. The zero-order valence-corrected chi connectivity index (χ0v) is 7.84. The van der Waals surface area contributed by atoms with Gasteiger partial charge in [-0.2, -0.15) is 0 Å². The number of aromatic nitrogens is 2. The average Bonchev–Trinajstić information content (AvgIpc) is 2.30. The van der Waals surface area contributed by atoms with E-state index in [1.54, 1.807) is 30.6 Å². The Kier molecular flexibility index (Phi) is 2.41. The third-order valence-corrected chi connectivity index (χ3v) is 1.97. The predicted molar refractivity (Wildman–Crippen MR) is 54.8 cm³/mol. The fourth-order valence-corrected chi connectivity index (χ4v) is 1.23. The van der Waals surface area contributed by atoms with Crippen molar-refractivity contribution in [3.8, 4) is 11.1 Å². The minimum Gasteiger partial charge on any atom is -0.366 e. The van der Waals surface area contributed by atoms with Gasteiger partial charge >= 0.3 is 0 Å². The number of benzene rings is 1. The molecule has 0 atom stereocenters. The number of nitrogens with zero attached hydrogens (tertiary/aromatic N) is 2. The van der Waals surface area contributed by atoms with E-state index in [4.69, 9.17) is 5.73 Å². The molecule has 1 aromatic carbocycles. The van der Waals surface area contributed by atoms with E-state index in [-0.39, 0.29) is 0 Å². The van der Waals surface area contributed by atoms with Gasteiger partial charge in [0.2, 0.25) is 5.91 Å². The molecule has 1 amide bonds. The Morgan fingerprint density at radius 2 is 1.93 bits per heavy atom. The number of primary amides is 1. The Morgan fingerprint density at radius 3 is 2.60 bits per heavy atom. The Bertz CT molecular complexity index is 482. The molecule has 0 aliphatic heterocycles. The lowest BCUT2D eigenvalue weighted by Crippen LogP contribution is -2.10. The standard InChI is InChI=1S/C11H8N3O/c12-11(15)9-3-1-2-8(4-9)10-5-13-7-14-6-10/h2-7H,(H2,12,15). The van der Waals surface area contributed by atoms with Gasteiger partial charge in [-0.05, 0) is 29.8 Å². The molecule has 2 aromatic rings. The largest absolute Gasteiger partial charge is 0.366 e. The molecule has 1 aromatic heterocycles. The number of hydrogen-bond donors (Lipinski definition) is 1. The smallest absolute Gasteiger partial charge is 0.248 e. The Hall–Kier alpha value is -2.23. The maximum absolute atomic E-state index is 11.0. The highest BCUT2D eigenvalue weighted by Crippen LogP contribution is 2.17. The van der Waals surface area contributed by atoms with Crippen LogP contribution in [0.2, 0.25) is 0 Å². The monoisotopic (exact) mass is 198 g/mol. The van der Waals surface area contributed by atoms with Gasteiger partial charge in [0.05, 0.1) is 0 Å². The summed E-state index contributed by atoms with van der Waals surface area (Å²) >= 11 is 0. The van der Waals surface area contributed by atoms with Crippen LogP contribution >= 0.6 is 0 Å². The van der Waals surface area contributed by atoms with E-state index in [2.05, 4.69) is 16.0 Å². The molecule has 4 nitrogen and oxygen atoms in total. The molecule has 0 saturated carbocycles. The first-order chi connectivity index (χ1) is 7.27. The van der Waals surface area contributed by atoms with Crippen LogP contribution in [0.15, 0.2) is 36.9 Å². The summed E-state index contributed by atoms with van der Waals surface area (Å²) in [7, 11) is 0. The molecule has 15 heavy (non-hydrogen) atoms. The Balaban J connectivity index is 2.46. The van der Waals surface area contributed by atoms with Crippen LogP contribution in [0.4, 0.5) is 0 Å². The minimum absolute atomic E-state index is 0.427. The molecule has 0 saturated heterocycles. The molecule has 0 spiro atoms. The van der Waals surface area contributed by atoms with Crippen molar-refractivity contribution in [3.05, 3.63) is 48.5 Å². The highest BCUT2D eigenvalue weighted by Gasteiger charge is 2.03. The SMILES string of the molecule is NC(=O)c1c[c]cc(-c2cncnc2)c1. The lowest BCUT2D eigenvalue weighted by Gasteiger charge is -2.01. The molecule has 1 radical (unpaired) electrons. The van der Waals surface area contributed by atoms with Gasteiger partial charge in [0, 0.05) is 23.5 Å². The van der Waals surface area contributed by atoms with E-state index in [0.29, 0.717) is 5.56 Å². The maximum Gasteiger partial charge on any atom is 0.248 e. The van der Waals surface area contributed by atoms with Crippen LogP contribution in [0.1, 0.15) is 10.4 Å². The van der Waals surface area contributed by atoms with E-state index in [1.165, 1.54) is 6.33 Å². The van der Waals surface area contributed by atoms with Crippen molar-refractivity contribution in [3.63, 3.8) is 0 Å². The molecule has 4 heteroatoms. The number of rotatable bonds is 2. The van der Waals surface area contributed by atoms with Crippen molar-refractivity contribution in [2.24, 2.45) is 5.73 Å². The topological polar surface area (TPSA) is 68.9 Å². The summed E-state index contributed by atoms with van der Waals surface area (Å²) in [6.07, 6.45) is 4.78. The van der Waals surface area contributed by atoms with Crippen LogP contribution in [-0.4, -0.2) is 15.9 Å². The normalized spacial score (nSPS) is 9.87. The van der Waals surface area contributed by atoms with Crippen molar-refractivity contribution in [2.45, 2.75) is 0 Å². The molecule has 0 bridgehead atoms. The van der Waals surface area contributed by atoms with Crippen LogP contribution in [0.5, 0.6) is 0 Å². The van der Waals surface area contributed by atoms with Gasteiger partial charge < -0.3 is 5.73 Å². The van der Waals surface area contributed by atoms with Gasteiger partial charge in [-0.15, -0.1) is 0 Å². The van der Waals surface area contributed by atoms with Crippen molar-refractivity contribution in [1.82, 2.24) is 9.97 Å². The van der Waals surface area contributed by atoms with Gasteiger partial charge in [0.15, 0.2) is 0 Å². The summed E-state index contributed by atoms with van der Waals surface area (Å²) in [4.78, 5) is 18.7. The van der Waals surface area contributed by atoms with Crippen LogP contribution in [0.3, 0.4) is 0 Å². The molecule has 0 aliphatic carbocycles. The fourth-order valence-electron chi connectivity index (χ4n) is 1.23. The second kappa shape index (κ2) is 3.88. The summed E-state index contributed by atoms with van der Waals surface area (Å²) in [6.45, 7) is 0. The van der Waals surface area contributed by atoms with Crippen LogP contribution in [0.25, 0.3) is 11.1 Å². The van der Waals surface area contributed by atoms with Crippen molar-refractivity contribution >= 4 is 5.91 Å². The Morgan fingerprint density at radius 1 is 1.20 bits per heavy atom. The number of carbonyl (C=O) groups excluding carboxylic acids is 1. The molecular weight excluding hydrogens is 190 g/mol. The number of carbonyl (C=O) groups is 1. The second-order valence-electron chi connectivity index (χ2n) is 3.00. The second-order valence-corrected chi connectivity index (χ2v) is 3.00. The third kappa shape index (κ3) is 1.99. The van der Waals surface area contributed by atoms with Crippen molar-refractivity contribution in [1.29, 1.82) is 0 Å². The minimum atomic E-state index is -0.468. The lowest BCUT2D eigenvalue weighted by atomic mass is 10.1. The highest BCUT2D eigenvalue weighted by molar-refractivity contribution is 5.93. The molecule has 2 N–H and O–H groups in total. The highest BCUT2D eigenvalue weighted by atomic mass is 16.1. The quantitative estimate of drug-likeness (QED) is 0.783. The summed E-state index contributed by atoms with van der Waals surface area (Å²) in [6, 6.07) is 7.85. The van der Waals surface area contributed by atoms with Gasteiger partial charge in [-0.1, -0.05) is 0 Å².